The second-order valence-electron chi connectivity index (χ2n) is 4.51. The molecule has 0 aromatic rings. The molecule has 0 spiro atoms. The van der Waals surface area contributed by atoms with E-state index < -0.39 is 0 Å². The maximum absolute atomic E-state index is 5.34. The van der Waals surface area contributed by atoms with Crippen molar-refractivity contribution in [3.05, 3.63) is 0 Å². The molecule has 1 N–H and O–H groups in total. The van der Waals surface area contributed by atoms with Crippen molar-refractivity contribution < 1.29 is 4.74 Å². The van der Waals surface area contributed by atoms with Crippen LogP contribution in [0.3, 0.4) is 0 Å². The van der Waals surface area contributed by atoms with Crippen LogP contribution in [0.25, 0.3) is 0 Å². The van der Waals surface area contributed by atoms with E-state index in [9.17, 15) is 0 Å². The first-order valence-electron chi connectivity index (χ1n) is 5.48. The molecule has 0 unspecified atom stereocenters. The van der Waals surface area contributed by atoms with E-state index in [-0.39, 0.29) is 0 Å². The summed E-state index contributed by atoms with van der Waals surface area (Å²) in [6.45, 7) is 5.67. The largest absolute Gasteiger partial charge is 0.381 e. The van der Waals surface area contributed by atoms with Gasteiger partial charge in [-0.05, 0) is 38.1 Å². The molecule has 0 aromatic heterocycles. The molecular weight excluding hydrogens is 162 g/mol. The average Bonchev–Trinajstić information content (AvgIpc) is 2.15. The van der Waals surface area contributed by atoms with Crippen molar-refractivity contribution in [3.8, 4) is 0 Å². The number of methoxy groups -OCH3 is 1. The van der Waals surface area contributed by atoms with Gasteiger partial charge in [-0.1, -0.05) is 13.8 Å². The minimum absolute atomic E-state index is 0.525. The van der Waals surface area contributed by atoms with Crippen LogP contribution in [0.2, 0.25) is 0 Å². The SMILES string of the molecule is CO[C@H]1CC[C@@H](NCC(C)C)CC1. The monoisotopic (exact) mass is 185 g/mol. The summed E-state index contributed by atoms with van der Waals surface area (Å²) in [7, 11) is 1.83. The van der Waals surface area contributed by atoms with E-state index in [4.69, 9.17) is 4.74 Å². The zero-order chi connectivity index (χ0) is 9.68. The molecule has 1 rings (SSSR count). The number of hydrogen-bond donors (Lipinski definition) is 1. The Morgan fingerprint density at radius 2 is 1.85 bits per heavy atom. The Labute approximate surface area is 82.0 Å². The van der Waals surface area contributed by atoms with E-state index in [1.54, 1.807) is 0 Å². The average molecular weight is 185 g/mol. The van der Waals surface area contributed by atoms with Crippen LogP contribution in [0.5, 0.6) is 0 Å². The Morgan fingerprint density at radius 3 is 2.31 bits per heavy atom. The van der Waals surface area contributed by atoms with Gasteiger partial charge in [0.25, 0.3) is 0 Å². The van der Waals surface area contributed by atoms with E-state index in [1.165, 1.54) is 25.7 Å². The normalized spacial score (nSPS) is 29.5. The molecular formula is C11H23NO. The summed E-state index contributed by atoms with van der Waals surface area (Å²) < 4.78 is 5.34. The predicted octanol–water partition coefficient (Wildman–Crippen LogP) is 2.19. The first-order chi connectivity index (χ1) is 6.22. The van der Waals surface area contributed by atoms with Gasteiger partial charge >= 0.3 is 0 Å². The van der Waals surface area contributed by atoms with Crippen LogP contribution < -0.4 is 5.32 Å². The molecule has 78 valence electrons. The maximum Gasteiger partial charge on any atom is 0.0572 e. The molecule has 0 radical (unpaired) electrons. The highest BCUT2D eigenvalue weighted by atomic mass is 16.5. The highest BCUT2D eigenvalue weighted by Gasteiger charge is 2.19. The molecule has 0 saturated heterocycles. The predicted molar refractivity (Wildman–Crippen MR) is 55.9 cm³/mol. The molecule has 2 nitrogen and oxygen atoms in total. The smallest absolute Gasteiger partial charge is 0.0572 e. The van der Waals surface area contributed by atoms with Crippen molar-refractivity contribution in [2.75, 3.05) is 13.7 Å². The van der Waals surface area contributed by atoms with Crippen molar-refractivity contribution in [2.45, 2.75) is 51.7 Å². The fourth-order valence-corrected chi connectivity index (χ4v) is 1.91. The number of nitrogens with one attached hydrogen (secondary N) is 1. The van der Waals surface area contributed by atoms with Gasteiger partial charge in [0, 0.05) is 13.2 Å². The van der Waals surface area contributed by atoms with Crippen LogP contribution in [0.15, 0.2) is 0 Å². The summed E-state index contributed by atoms with van der Waals surface area (Å²) in [5.74, 6) is 0.764. The summed E-state index contributed by atoms with van der Waals surface area (Å²) >= 11 is 0. The highest BCUT2D eigenvalue weighted by molar-refractivity contribution is 4.77. The fourth-order valence-electron chi connectivity index (χ4n) is 1.91. The molecule has 1 saturated carbocycles. The minimum Gasteiger partial charge on any atom is -0.381 e. The van der Waals surface area contributed by atoms with E-state index in [1.807, 2.05) is 7.11 Å². The lowest BCUT2D eigenvalue weighted by Gasteiger charge is -2.28. The van der Waals surface area contributed by atoms with E-state index in [0.29, 0.717) is 6.10 Å². The lowest BCUT2D eigenvalue weighted by Crippen LogP contribution is -2.36. The standard InChI is InChI=1S/C11H23NO/c1-9(2)8-12-10-4-6-11(13-3)7-5-10/h9-12H,4-8H2,1-3H3/t10-,11+. The van der Waals surface area contributed by atoms with E-state index in [0.717, 1.165) is 18.5 Å². The third kappa shape index (κ3) is 4.10. The molecule has 0 atom stereocenters. The van der Waals surface area contributed by atoms with Gasteiger partial charge in [0.05, 0.1) is 6.10 Å². The molecule has 1 aliphatic carbocycles. The fraction of sp³-hybridized carbons (Fsp3) is 1.00. The Balaban J connectivity index is 2.10. The second kappa shape index (κ2) is 5.61. The lowest BCUT2D eigenvalue weighted by molar-refractivity contribution is 0.0623. The molecule has 0 aromatic carbocycles. The quantitative estimate of drug-likeness (QED) is 0.725. The summed E-state index contributed by atoms with van der Waals surface area (Å²) in [6, 6.07) is 0.744. The summed E-state index contributed by atoms with van der Waals surface area (Å²) in [5, 5.41) is 3.61. The lowest BCUT2D eigenvalue weighted by atomic mass is 9.93. The van der Waals surface area contributed by atoms with Gasteiger partial charge in [0.2, 0.25) is 0 Å². The first kappa shape index (κ1) is 11.0. The van der Waals surface area contributed by atoms with Crippen molar-refractivity contribution in [2.24, 2.45) is 5.92 Å². The van der Waals surface area contributed by atoms with Crippen LogP contribution in [-0.4, -0.2) is 25.8 Å². The van der Waals surface area contributed by atoms with Gasteiger partial charge in [-0.15, -0.1) is 0 Å². The zero-order valence-corrected chi connectivity index (χ0v) is 9.18. The summed E-state index contributed by atoms with van der Waals surface area (Å²) in [5.41, 5.74) is 0. The van der Waals surface area contributed by atoms with Crippen LogP contribution in [0.4, 0.5) is 0 Å². The van der Waals surface area contributed by atoms with Crippen LogP contribution in [0.1, 0.15) is 39.5 Å². The van der Waals surface area contributed by atoms with Gasteiger partial charge in [0.1, 0.15) is 0 Å². The van der Waals surface area contributed by atoms with E-state index >= 15 is 0 Å². The molecule has 2 heteroatoms. The maximum atomic E-state index is 5.34. The molecule has 0 aliphatic heterocycles. The molecule has 0 amide bonds. The highest BCUT2D eigenvalue weighted by Crippen LogP contribution is 2.20. The molecule has 13 heavy (non-hydrogen) atoms. The number of ether oxygens (including phenoxy) is 1. The third-order valence-corrected chi connectivity index (χ3v) is 2.82. The van der Waals surface area contributed by atoms with Crippen LogP contribution in [-0.2, 0) is 4.74 Å². The van der Waals surface area contributed by atoms with Crippen molar-refractivity contribution in [1.29, 1.82) is 0 Å². The third-order valence-electron chi connectivity index (χ3n) is 2.82. The second-order valence-corrected chi connectivity index (χ2v) is 4.51. The summed E-state index contributed by atoms with van der Waals surface area (Å²) in [4.78, 5) is 0. The Hall–Kier alpha value is -0.0800. The zero-order valence-electron chi connectivity index (χ0n) is 9.18. The molecule has 0 bridgehead atoms. The summed E-state index contributed by atoms with van der Waals surface area (Å²) in [6.07, 6.45) is 5.55. The van der Waals surface area contributed by atoms with Crippen LogP contribution in [0, 0.1) is 5.92 Å². The van der Waals surface area contributed by atoms with Crippen LogP contribution >= 0.6 is 0 Å². The number of rotatable bonds is 4. The minimum atomic E-state index is 0.525. The Bertz CT molecular complexity index is 128. The van der Waals surface area contributed by atoms with Gasteiger partial charge in [-0.2, -0.15) is 0 Å². The van der Waals surface area contributed by atoms with Gasteiger partial charge in [-0.3, -0.25) is 0 Å². The molecule has 1 fully saturated rings. The molecule has 0 heterocycles. The topological polar surface area (TPSA) is 21.3 Å². The van der Waals surface area contributed by atoms with Gasteiger partial charge < -0.3 is 10.1 Å². The Morgan fingerprint density at radius 1 is 1.23 bits per heavy atom. The van der Waals surface area contributed by atoms with Crippen molar-refractivity contribution in [3.63, 3.8) is 0 Å². The van der Waals surface area contributed by atoms with Crippen molar-refractivity contribution in [1.82, 2.24) is 5.32 Å². The Kier molecular flexibility index (Phi) is 4.74. The van der Waals surface area contributed by atoms with E-state index in [2.05, 4.69) is 19.2 Å². The number of hydrogen-bond acceptors (Lipinski definition) is 2. The van der Waals surface area contributed by atoms with Gasteiger partial charge in [0.15, 0.2) is 0 Å². The first-order valence-corrected chi connectivity index (χ1v) is 5.48. The van der Waals surface area contributed by atoms with Crippen molar-refractivity contribution >= 4 is 0 Å². The molecule has 1 aliphatic rings. The van der Waals surface area contributed by atoms with Gasteiger partial charge in [-0.25, -0.2) is 0 Å².